The lowest BCUT2D eigenvalue weighted by atomic mass is 10.3. The molecule has 0 atom stereocenters. The van der Waals surface area contributed by atoms with Crippen molar-refractivity contribution < 1.29 is 9.90 Å². The highest BCUT2D eigenvalue weighted by molar-refractivity contribution is 7.09. The first-order chi connectivity index (χ1) is 12.7. The fourth-order valence-electron chi connectivity index (χ4n) is 3.37. The predicted molar refractivity (Wildman–Crippen MR) is 99.4 cm³/mol. The van der Waals surface area contributed by atoms with Gasteiger partial charge in [0.05, 0.1) is 6.20 Å². The predicted octanol–water partition coefficient (Wildman–Crippen LogP) is 2.20. The van der Waals surface area contributed by atoms with E-state index >= 15 is 0 Å². The monoisotopic (exact) mass is 371 g/mol. The first-order valence-corrected chi connectivity index (χ1v) is 9.59. The molecule has 3 aromatic rings. The second kappa shape index (κ2) is 7.53. The molecule has 0 bridgehead atoms. The van der Waals surface area contributed by atoms with Gasteiger partial charge < -0.3 is 5.11 Å². The summed E-state index contributed by atoms with van der Waals surface area (Å²) in [5, 5.41) is 15.4. The van der Waals surface area contributed by atoms with E-state index < -0.39 is 5.97 Å². The Labute approximate surface area is 155 Å². The number of aromatic carboxylic acids is 1. The highest BCUT2D eigenvalue weighted by atomic mass is 32.1. The Morgan fingerprint density at radius 1 is 1.15 bits per heavy atom. The van der Waals surface area contributed by atoms with Crippen LogP contribution in [-0.2, 0) is 13.1 Å². The van der Waals surface area contributed by atoms with Crippen molar-refractivity contribution in [1.82, 2.24) is 24.4 Å². The van der Waals surface area contributed by atoms with E-state index in [1.165, 1.54) is 11.1 Å². The molecule has 7 nitrogen and oxygen atoms in total. The molecule has 1 aliphatic heterocycles. The molecule has 4 heterocycles. The first-order valence-electron chi connectivity index (χ1n) is 8.72. The van der Waals surface area contributed by atoms with Crippen LogP contribution in [0.5, 0.6) is 0 Å². The highest BCUT2D eigenvalue weighted by Crippen LogP contribution is 2.15. The molecule has 1 saturated heterocycles. The van der Waals surface area contributed by atoms with Crippen molar-refractivity contribution in [2.45, 2.75) is 19.5 Å². The van der Waals surface area contributed by atoms with Crippen LogP contribution in [0.4, 0.5) is 0 Å². The molecule has 0 amide bonds. The van der Waals surface area contributed by atoms with E-state index in [9.17, 15) is 4.79 Å². The van der Waals surface area contributed by atoms with Crippen molar-refractivity contribution in [3.8, 4) is 0 Å². The van der Waals surface area contributed by atoms with E-state index in [2.05, 4.69) is 37.4 Å². The Morgan fingerprint density at radius 3 is 2.69 bits per heavy atom. The van der Waals surface area contributed by atoms with Crippen molar-refractivity contribution in [3.63, 3.8) is 0 Å². The molecule has 4 rings (SSSR count). The third kappa shape index (κ3) is 3.77. The van der Waals surface area contributed by atoms with Crippen LogP contribution < -0.4 is 0 Å². The topological polar surface area (TPSA) is 74.0 Å². The van der Waals surface area contributed by atoms with Gasteiger partial charge in [0.25, 0.3) is 0 Å². The maximum absolute atomic E-state index is 11.2. The molecule has 26 heavy (non-hydrogen) atoms. The minimum absolute atomic E-state index is 0.135. The van der Waals surface area contributed by atoms with Gasteiger partial charge in [-0.05, 0) is 31.0 Å². The number of nitrogens with zero attached hydrogens (tertiary/aromatic N) is 5. The lowest BCUT2D eigenvalue weighted by molar-refractivity contribution is 0.0698. The minimum atomic E-state index is -1.00. The van der Waals surface area contributed by atoms with Gasteiger partial charge in [0.1, 0.15) is 5.56 Å². The van der Waals surface area contributed by atoms with E-state index in [0.717, 1.165) is 51.3 Å². The fourth-order valence-corrected chi connectivity index (χ4v) is 4.11. The first kappa shape index (κ1) is 17.1. The fraction of sp³-hybridized carbons (Fsp3) is 0.389. The van der Waals surface area contributed by atoms with Crippen LogP contribution in [0, 0.1) is 0 Å². The highest BCUT2D eigenvalue weighted by Gasteiger charge is 2.17. The molecule has 1 N–H and O–H groups in total. The van der Waals surface area contributed by atoms with Crippen LogP contribution >= 0.6 is 11.3 Å². The molecular formula is C18H21N5O2S. The van der Waals surface area contributed by atoms with Gasteiger partial charge in [-0.2, -0.15) is 5.10 Å². The third-order valence-corrected chi connectivity index (χ3v) is 5.55. The van der Waals surface area contributed by atoms with E-state index in [0.29, 0.717) is 5.65 Å². The van der Waals surface area contributed by atoms with E-state index in [-0.39, 0.29) is 5.56 Å². The summed E-state index contributed by atoms with van der Waals surface area (Å²) in [6, 6.07) is 4.31. The normalized spacial score (nSPS) is 16.8. The number of hydrogen-bond donors (Lipinski definition) is 1. The zero-order chi connectivity index (χ0) is 17.9. The van der Waals surface area contributed by atoms with Crippen molar-refractivity contribution in [2.24, 2.45) is 0 Å². The number of fused-ring (bicyclic) bond motifs is 1. The lowest BCUT2D eigenvalue weighted by Gasteiger charge is -2.21. The Hall–Kier alpha value is -2.29. The largest absolute Gasteiger partial charge is 0.477 e. The summed E-state index contributed by atoms with van der Waals surface area (Å²) in [5.41, 5.74) is 1.57. The Kier molecular flexibility index (Phi) is 4.96. The molecule has 1 aliphatic rings. The van der Waals surface area contributed by atoms with Crippen molar-refractivity contribution in [3.05, 3.63) is 52.1 Å². The van der Waals surface area contributed by atoms with Gasteiger partial charge in [-0.3, -0.25) is 9.80 Å². The zero-order valence-corrected chi connectivity index (χ0v) is 15.2. The Balaban J connectivity index is 1.39. The summed E-state index contributed by atoms with van der Waals surface area (Å²) in [6.45, 7) is 6.08. The Morgan fingerprint density at radius 2 is 1.96 bits per heavy atom. The van der Waals surface area contributed by atoms with Crippen molar-refractivity contribution >= 4 is 23.0 Å². The molecular weight excluding hydrogens is 350 g/mol. The number of carboxylic acids is 1. The Bertz CT molecular complexity index is 892. The molecule has 136 valence electrons. The number of thiophene rings is 1. The van der Waals surface area contributed by atoms with E-state index in [1.54, 1.807) is 10.7 Å². The zero-order valence-electron chi connectivity index (χ0n) is 14.4. The van der Waals surface area contributed by atoms with Crippen LogP contribution in [0.1, 0.15) is 27.2 Å². The summed E-state index contributed by atoms with van der Waals surface area (Å²) < 4.78 is 1.56. The maximum atomic E-state index is 11.2. The molecule has 0 aromatic carbocycles. The van der Waals surface area contributed by atoms with Gasteiger partial charge in [0.2, 0.25) is 0 Å². The standard InChI is InChI=1S/C18H21N5O2S/c24-18(25)16-10-20-23-12-14(9-19-17(16)23)11-21-4-2-5-22(7-6-21)13-15-3-1-8-26-15/h1,3,8-10,12H,2,4-7,11,13H2,(H,24,25). The molecule has 1 fully saturated rings. The van der Waals surface area contributed by atoms with Gasteiger partial charge in [-0.25, -0.2) is 14.3 Å². The minimum Gasteiger partial charge on any atom is -0.477 e. The van der Waals surface area contributed by atoms with Crippen molar-refractivity contribution in [2.75, 3.05) is 26.2 Å². The second-order valence-electron chi connectivity index (χ2n) is 6.58. The van der Waals surface area contributed by atoms with Gasteiger partial charge in [0, 0.05) is 49.0 Å². The van der Waals surface area contributed by atoms with Gasteiger partial charge in [-0.15, -0.1) is 11.3 Å². The van der Waals surface area contributed by atoms with Crippen molar-refractivity contribution in [1.29, 1.82) is 0 Å². The van der Waals surface area contributed by atoms with E-state index in [1.807, 2.05) is 17.5 Å². The van der Waals surface area contributed by atoms with Gasteiger partial charge in [0.15, 0.2) is 5.65 Å². The molecule has 0 radical (unpaired) electrons. The number of hydrogen-bond acceptors (Lipinski definition) is 6. The third-order valence-electron chi connectivity index (χ3n) is 4.69. The number of carbonyl (C=O) groups is 1. The number of aromatic nitrogens is 3. The summed E-state index contributed by atoms with van der Waals surface area (Å²) >= 11 is 1.82. The summed E-state index contributed by atoms with van der Waals surface area (Å²) in [5.74, 6) is -1.00. The molecule has 0 saturated carbocycles. The van der Waals surface area contributed by atoms with Gasteiger partial charge >= 0.3 is 5.97 Å². The molecule has 0 aliphatic carbocycles. The number of carboxylic acid groups (broad SMARTS) is 1. The smallest absolute Gasteiger partial charge is 0.341 e. The molecule has 3 aromatic heterocycles. The van der Waals surface area contributed by atoms with Crippen LogP contribution in [0.3, 0.4) is 0 Å². The van der Waals surface area contributed by atoms with E-state index in [4.69, 9.17) is 5.11 Å². The summed E-state index contributed by atoms with van der Waals surface area (Å²) in [6.07, 6.45) is 6.13. The van der Waals surface area contributed by atoms with Crippen LogP contribution in [-0.4, -0.2) is 61.7 Å². The summed E-state index contributed by atoms with van der Waals surface area (Å²) in [7, 11) is 0. The quantitative estimate of drug-likeness (QED) is 0.741. The summed E-state index contributed by atoms with van der Waals surface area (Å²) in [4.78, 5) is 21.8. The van der Waals surface area contributed by atoms with Crippen LogP contribution in [0.2, 0.25) is 0 Å². The lowest BCUT2D eigenvalue weighted by Crippen LogP contribution is -2.30. The SMILES string of the molecule is O=C(O)c1cnn2cc(CN3CCCN(Cc4cccs4)CC3)cnc12. The maximum Gasteiger partial charge on any atom is 0.341 e. The van der Waals surface area contributed by atoms with Gasteiger partial charge in [-0.1, -0.05) is 6.07 Å². The molecule has 8 heteroatoms. The second-order valence-corrected chi connectivity index (χ2v) is 7.61. The average Bonchev–Trinajstić information content (AvgIpc) is 3.22. The average molecular weight is 371 g/mol. The number of rotatable bonds is 5. The molecule has 0 spiro atoms. The van der Waals surface area contributed by atoms with Crippen LogP contribution in [0.15, 0.2) is 36.1 Å². The molecule has 0 unspecified atom stereocenters. The van der Waals surface area contributed by atoms with Crippen LogP contribution in [0.25, 0.3) is 5.65 Å².